The van der Waals surface area contributed by atoms with Crippen LogP contribution in [-0.2, 0) is 0 Å². The summed E-state index contributed by atoms with van der Waals surface area (Å²) in [5, 5.41) is 15.8. The molecular weight excluding hydrogens is 272 g/mol. The summed E-state index contributed by atoms with van der Waals surface area (Å²) in [6, 6.07) is 1.16. The van der Waals surface area contributed by atoms with Gasteiger partial charge in [-0.15, -0.1) is 5.10 Å². The van der Waals surface area contributed by atoms with Crippen LogP contribution in [-0.4, -0.2) is 34.3 Å². The van der Waals surface area contributed by atoms with E-state index in [1.165, 1.54) is 25.7 Å². The molecule has 5 nitrogen and oxygen atoms in total. The van der Waals surface area contributed by atoms with E-state index in [-0.39, 0.29) is 6.04 Å². The Morgan fingerprint density at radius 3 is 2.70 bits per heavy atom. The molecule has 6 heteroatoms. The number of thioether (sulfide) groups is 1. The fraction of sp³-hybridized carbons (Fsp3) is 0.857. The van der Waals surface area contributed by atoms with Crippen LogP contribution in [0.4, 0.5) is 6.01 Å². The zero-order valence-electron chi connectivity index (χ0n) is 12.7. The third kappa shape index (κ3) is 4.38. The zero-order chi connectivity index (χ0) is 14.4. The SMILES string of the molecule is CCCNC(C)c1nnc(NC2CCC(SC)CC2)o1. The second-order valence-electron chi connectivity index (χ2n) is 5.47. The Hall–Kier alpha value is -0.750. The Balaban J connectivity index is 1.81. The lowest BCUT2D eigenvalue weighted by Gasteiger charge is -2.27. The van der Waals surface area contributed by atoms with Crippen molar-refractivity contribution in [2.75, 3.05) is 18.1 Å². The summed E-state index contributed by atoms with van der Waals surface area (Å²) in [6.45, 7) is 5.16. The van der Waals surface area contributed by atoms with Crippen LogP contribution < -0.4 is 10.6 Å². The minimum atomic E-state index is 0.116. The predicted octanol–water partition coefficient (Wildman–Crippen LogP) is 3.22. The van der Waals surface area contributed by atoms with Crippen molar-refractivity contribution < 1.29 is 4.42 Å². The number of hydrogen-bond acceptors (Lipinski definition) is 6. The first-order chi connectivity index (χ1) is 9.72. The van der Waals surface area contributed by atoms with E-state index in [2.05, 4.69) is 40.9 Å². The maximum Gasteiger partial charge on any atom is 0.315 e. The zero-order valence-corrected chi connectivity index (χ0v) is 13.5. The molecule has 114 valence electrons. The maximum absolute atomic E-state index is 5.70. The van der Waals surface area contributed by atoms with Gasteiger partial charge in [0, 0.05) is 11.3 Å². The molecule has 1 fully saturated rings. The van der Waals surface area contributed by atoms with E-state index in [4.69, 9.17) is 4.42 Å². The van der Waals surface area contributed by atoms with Crippen molar-refractivity contribution in [1.82, 2.24) is 15.5 Å². The standard InChI is InChI=1S/C14H26N4OS/c1-4-9-15-10(2)13-17-18-14(19-13)16-11-5-7-12(20-3)8-6-11/h10-12,15H,4-9H2,1-3H3,(H,16,18). The molecule has 2 N–H and O–H groups in total. The van der Waals surface area contributed by atoms with Gasteiger partial charge in [-0.05, 0) is 51.8 Å². The number of aromatic nitrogens is 2. The quantitative estimate of drug-likeness (QED) is 0.806. The van der Waals surface area contributed by atoms with Crippen molar-refractivity contribution in [2.45, 2.75) is 63.3 Å². The average Bonchev–Trinajstić information content (AvgIpc) is 2.94. The molecule has 0 aliphatic heterocycles. The van der Waals surface area contributed by atoms with E-state index in [0.29, 0.717) is 17.9 Å². The topological polar surface area (TPSA) is 63.0 Å². The smallest absolute Gasteiger partial charge is 0.315 e. The monoisotopic (exact) mass is 298 g/mol. The van der Waals surface area contributed by atoms with Gasteiger partial charge in [0.05, 0.1) is 6.04 Å². The molecule has 2 rings (SSSR count). The second-order valence-corrected chi connectivity index (χ2v) is 6.61. The molecule has 20 heavy (non-hydrogen) atoms. The van der Waals surface area contributed by atoms with E-state index in [0.717, 1.165) is 18.2 Å². The Morgan fingerprint density at radius 2 is 2.05 bits per heavy atom. The molecule has 1 aliphatic rings. The van der Waals surface area contributed by atoms with Crippen LogP contribution in [0.15, 0.2) is 4.42 Å². The third-order valence-electron chi connectivity index (χ3n) is 3.85. The van der Waals surface area contributed by atoms with Crippen LogP contribution in [0.1, 0.15) is 57.9 Å². The Bertz CT molecular complexity index is 390. The van der Waals surface area contributed by atoms with Gasteiger partial charge in [-0.3, -0.25) is 0 Å². The van der Waals surface area contributed by atoms with Crippen LogP contribution in [0, 0.1) is 0 Å². The lowest BCUT2D eigenvalue weighted by Crippen LogP contribution is -2.27. The first-order valence-corrected chi connectivity index (χ1v) is 8.87. The summed E-state index contributed by atoms with van der Waals surface area (Å²) in [7, 11) is 0. The van der Waals surface area contributed by atoms with Crippen molar-refractivity contribution in [3.05, 3.63) is 5.89 Å². The highest BCUT2D eigenvalue weighted by atomic mass is 32.2. The number of hydrogen-bond donors (Lipinski definition) is 2. The molecule has 1 aromatic heterocycles. The van der Waals surface area contributed by atoms with E-state index < -0.39 is 0 Å². The molecule has 0 radical (unpaired) electrons. The molecule has 0 bridgehead atoms. The summed E-state index contributed by atoms with van der Waals surface area (Å²) >= 11 is 1.98. The molecule has 0 aromatic carbocycles. The number of nitrogens with zero attached hydrogens (tertiary/aromatic N) is 2. The first-order valence-electron chi connectivity index (χ1n) is 7.59. The fourth-order valence-electron chi connectivity index (χ4n) is 2.53. The average molecular weight is 298 g/mol. The van der Waals surface area contributed by atoms with Crippen LogP contribution in [0.2, 0.25) is 0 Å². The maximum atomic E-state index is 5.70. The summed E-state index contributed by atoms with van der Waals surface area (Å²) in [5.41, 5.74) is 0. The van der Waals surface area contributed by atoms with Crippen LogP contribution in [0.3, 0.4) is 0 Å². The Morgan fingerprint density at radius 1 is 1.30 bits per heavy atom. The minimum absolute atomic E-state index is 0.116. The van der Waals surface area contributed by atoms with Gasteiger partial charge in [0.1, 0.15) is 0 Å². The number of anilines is 1. The lowest BCUT2D eigenvalue weighted by atomic mass is 9.95. The van der Waals surface area contributed by atoms with Gasteiger partial charge in [-0.1, -0.05) is 12.0 Å². The normalized spacial score (nSPS) is 24.6. The van der Waals surface area contributed by atoms with Gasteiger partial charge >= 0.3 is 6.01 Å². The van der Waals surface area contributed by atoms with Crippen molar-refractivity contribution >= 4 is 17.8 Å². The molecule has 1 atom stereocenters. The molecule has 1 saturated carbocycles. The first kappa shape index (κ1) is 15.6. The van der Waals surface area contributed by atoms with E-state index in [1.54, 1.807) is 0 Å². The Labute approximate surface area is 125 Å². The van der Waals surface area contributed by atoms with E-state index in [1.807, 2.05) is 11.8 Å². The lowest BCUT2D eigenvalue weighted by molar-refractivity contribution is 0.411. The largest absolute Gasteiger partial charge is 0.406 e. The highest BCUT2D eigenvalue weighted by molar-refractivity contribution is 7.99. The summed E-state index contributed by atoms with van der Waals surface area (Å²) in [6.07, 6.45) is 8.22. The minimum Gasteiger partial charge on any atom is -0.406 e. The third-order valence-corrected chi connectivity index (χ3v) is 4.98. The van der Waals surface area contributed by atoms with Crippen molar-refractivity contribution in [1.29, 1.82) is 0 Å². The van der Waals surface area contributed by atoms with Gasteiger partial charge < -0.3 is 15.1 Å². The number of rotatable bonds is 7. The molecule has 0 saturated heterocycles. The van der Waals surface area contributed by atoms with E-state index >= 15 is 0 Å². The van der Waals surface area contributed by atoms with Crippen LogP contribution >= 0.6 is 11.8 Å². The van der Waals surface area contributed by atoms with E-state index in [9.17, 15) is 0 Å². The van der Waals surface area contributed by atoms with Crippen molar-refractivity contribution in [3.63, 3.8) is 0 Å². The molecule has 0 amide bonds. The van der Waals surface area contributed by atoms with Gasteiger partial charge in [0.25, 0.3) is 0 Å². The molecular formula is C14H26N4OS. The fourth-order valence-corrected chi connectivity index (χ4v) is 3.28. The summed E-state index contributed by atoms with van der Waals surface area (Å²) in [5.74, 6) is 0.666. The highest BCUT2D eigenvalue weighted by Gasteiger charge is 2.22. The van der Waals surface area contributed by atoms with Gasteiger partial charge in [0.15, 0.2) is 0 Å². The van der Waals surface area contributed by atoms with Crippen LogP contribution in [0.25, 0.3) is 0 Å². The number of nitrogens with one attached hydrogen (secondary N) is 2. The van der Waals surface area contributed by atoms with Gasteiger partial charge in [-0.2, -0.15) is 11.8 Å². The van der Waals surface area contributed by atoms with Gasteiger partial charge in [-0.25, -0.2) is 0 Å². The summed E-state index contributed by atoms with van der Waals surface area (Å²) < 4.78 is 5.70. The second kappa shape index (κ2) is 7.88. The highest BCUT2D eigenvalue weighted by Crippen LogP contribution is 2.28. The van der Waals surface area contributed by atoms with Crippen molar-refractivity contribution in [3.8, 4) is 0 Å². The Kier molecular flexibility index (Phi) is 6.16. The molecule has 1 aromatic rings. The van der Waals surface area contributed by atoms with Crippen molar-refractivity contribution in [2.24, 2.45) is 0 Å². The molecule has 1 heterocycles. The summed E-state index contributed by atoms with van der Waals surface area (Å²) in [4.78, 5) is 0. The predicted molar refractivity (Wildman–Crippen MR) is 84.2 cm³/mol. The molecule has 1 unspecified atom stereocenters. The molecule has 1 aliphatic carbocycles. The van der Waals surface area contributed by atoms with Gasteiger partial charge in [0.2, 0.25) is 5.89 Å². The molecule has 0 spiro atoms. The van der Waals surface area contributed by atoms with Crippen LogP contribution in [0.5, 0.6) is 0 Å².